The predicted molar refractivity (Wildman–Crippen MR) is 64.1 cm³/mol. The van der Waals surface area contributed by atoms with Gasteiger partial charge in [0.15, 0.2) is 0 Å². The monoisotopic (exact) mass is 255 g/mol. The summed E-state index contributed by atoms with van der Waals surface area (Å²) in [4.78, 5) is 13.0. The van der Waals surface area contributed by atoms with Crippen molar-refractivity contribution in [3.8, 4) is 0 Å². The Hall–Kier alpha value is -1.10. The number of hydrogen-bond acceptors (Lipinski definition) is 3. The Morgan fingerprint density at radius 3 is 2.82 bits per heavy atom. The number of halogens is 1. The van der Waals surface area contributed by atoms with Gasteiger partial charge in [0.25, 0.3) is 0 Å². The summed E-state index contributed by atoms with van der Waals surface area (Å²) in [5.74, 6) is -0.835. The van der Waals surface area contributed by atoms with Gasteiger partial charge in [-0.25, -0.2) is 0 Å². The van der Waals surface area contributed by atoms with E-state index in [0.29, 0.717) is 24.7 Å². The smallest absolute Gasteiger partial charge is 0.323 e. The summed E-state index contributed by atoms with van der Waals surface area (Å²) in [6, 6.07) is 6.90. The fourth-order valence-corrected chi connectivity index (χ4v) is 2.01. The van der Waals surface area contributed by atoms with E-state index in [4.69, 9.17) is 21.4 Å². The van der Waals surface area contributed by atoms with E-state index in [-0.39, 0.29) is 6.61 Å². The summed E-state index contributed by atoms with van der Waals surface area (Å²) < 4.78 is 5.19. The second-order valence-corrected chi connectivity index (χ2v) is 4.46. The third-order valence-electron chi connectivity index (χ3n) is 2.82. The van der Waals surface area contributed by atoms with E-state index in [2.05, 4.69) is 0 Å². The van der Waals surface area contributed by atoms with Crippen LogP contribution in [-0.4, -0.2) is 41.8 Å². The van der Waals surface area contributed by atoms with Gasteiger partial charge in [0.2, 0.25) is 0 Å². The lowest BCUT2D eigenvalue weighted by atomic mass is 10.1. The first kappa shape index (κ1) is 12.4. The molecule has 92 valence electrons. The minimum atomic E-state index is -0.835. The lowest BCUT2D eigenvalue weighted by Gasteiger charge is -2.32. The van der Waals surface area contributed by atoms with Gasteiger partial charge in [-0.1, -0.05) is 23.7 Å². The van der Waals surface area contributed by atoms with E-state index in [9.17, 15) is 4.79 Å². The van der Waals surface area contributed by atoms with Crippen molar-refractivity contribution in [1.82, 2.24) is 4.90 Å². The van der Waals surface area contributed by atoms with E-state index in [1.165, 1.54) is 0 Å². The first-order valence-corrected chi connectivity index (χ1v) is 5.83. The van der Waals surface area contributed by atoms with Crippen molar-refractivity contribution >= 4 is 17.6 Å². The number of hydrogen-bond donors (Lipinski definition) is 1. The van der Waals surface area contributed by atoms with Crippen molar-refractivity contribution in [2.24, 2.45) is 0 Å². The molecule has 0 radical (unpaired) electrons. The molecule has 1 aromatic carbocycles. The Balaban J connectivity index is 2.05. The minimum Gasteiger partial charge on any atom is -0.480 e. The average molecular weight is 256 g/mol. The van der Waals surface area contributed by atoms with Crippen molar-refractivity contribution in [3.05, 3.63) is 34.9 Å². The molecule has 4 nitrogen and oxygen atoms in total. The molecule has 17 heavy (non-hydrogen) atoms. The molecule has 0 aliphatic carbocycles. The van der Waals surface area contributed by atoms with Gasteiger partial charge in [-0.2, -0.15) is 0 Å². The highest BCUT2D eigenvalue weighted by Crippen LogP contribution is 2.15. The third-order valence-corrected chi connectivity index (χ3v) is 3.08. The molecular weight excluding hydrogens is 242 g/mol. The van der Waals surface area contributed by atoms with Crippen LogP contribution in [0.2, 0.25) is 5.02 Å². The van der Waals surface area contributed by atoms with Crippen molar-refractivity contribution in [2.75, 3.05) is 19.8 Å². The van der Waals surface area contributed by atoms with Crippen LogP contribution in [0.1, 0.15) is 5.56 Å². The van der Waals surface area contributed by atoms with Gasteiger partial charge >= 0.3 is 5.97 Å². The van der Waals surface area contributed by atoms with Crippen LogP contribution in [0.4, 0.5) is 0 Å². The fraction of sp³-hybridized carbons (Fsp3) is 0.417. The van der Waals surface area contributed by atoms with E-state index in [1.54, 1.807) is 0 Å². The molecule has 1 N–H and O–H groups in total. The van der Waals surface area contributed by atoms with Crippen molar-refractivity contribution in [2.45, 2.75) is 12.6 Å². The zero-order valence-corrected chi connectivity index (χ0v) is 10.1. The number of ether oxygens (including phenoxy) is 1. The number of nitrogens with zero attached hydrogens (tertiary/aromatic N) is 1. The Labute approximate surface area is 105 Å². The number of carbonyl (C=O) groups is 1. The molecule has 0 aromatic heterocycles. The van der Waals surface area contributed by atoms with Gasteiger partial charge in [0.05, 0.1) is 13.2 Å². The lowest BCUT2D eigenvalue weighted by molar-refractivity contribution is -0.150. The molecule has 1 saturated heterocycles. The van der Waals surface area contributed by atoms with Gasteiger partial charge < -0.3 is 9.84 Å². The van der Waals surface area contributed by atoms with Crippen LogP contribution in [0.3, 0.4) is 0 Å². The zero-order chi connectivity index (χ0) is 12.3. The number of morpholine rings is 1. The predicted octanol–water partition coefficient (Wildman–Crippen LogP) is 1.63. The highest BCUT2D eigenvalue weighted by Gasteiger charge is 2.28. The second kappa shape index (κ2) is 5.49. The van der Waals surface area contributed by atoms with E-state index < -0.39 is 12.0 Å². The van der Waals surface area contributed by atoms with Crippen LogP contribution in [0.5, 0.6) is 0 Å². The molecule has 1 unspecified atom stereocenters. The highest BCUT2D eigenvalue weighted by molar-refractivity contribution is 6.30. The molecular formula is C12H14ClNO3. The van der Waals surface area contributed by atoms with Crippen LogP contribution < -0.4 is 0 Å². The molecule has 0 spiro atoms. The summed E-state index contributed by atoms with van der Waals surface area (Å²) >= 11 is 5.81. The summed E-state index contributed by atoms with van der Waals surface area (Å²) in [6.45, 7) is 2.08. The molecule has 1 aliphatic rings. The summed E-state index contributed by atoms with van der Waals surface area (Å²) in [5.41, 5.74) is 1.06. The van der Waals surface area contributed by atoms with Crippen LogP contribution in [0.25, 0.3) is 0 Å². The maximum absolute atomic E-state index is 11.1. The zero-order valence-electron chi connectivity index (χ0n) is 9.30. The molecule has 2 rings (SSSR count). The largest absolute Gasteiger partial charge is 0.480 e. The molecule has 0 bridgehead atoms. The van der Waals surface area contributed by atoms with Crippen LogP contribution in [0, 0.1) is 0 Å². The van der Waals surface area contributed by atoms with Crippen LogP contribution >= 0.6 is 11.6 Å². The highest BCUT2D eigenvalue weighted by atomic mass is 35.5. The topological polar surface area (TPSA) is 49.8 Å². The number of rotatable bonds is 3. The quantitative estimate of drug-likeness (QED) is 0.892. The molecule has 5 heteroatoms. The number of carboxylic acids is 1. The van der Waals surface area contributed by atoms with Crippen molar-refractivity contribution in [1.29, 1.82) is 0 Å². The van der Waals surface area contributed by atoms with E-state index in [1.807, 2.05) is 29.2 Å². The first-order valence-electron chi connectivity index (χ1n) is 5.46. The Morgan fingerprint density at radius 2 is 2.18 bits per heavy atom. The molecule has 0 saturated carbocycles. The molecule has 1 aromatic rings. The van der Waals surface area contributed by atoms with Gasteiger partial charge in [-0.3, -0.25) is 9.69 Å². The SMILES string of the molecule is O=C(O)C1COCCN1Cc1ccc(Cl)cc1. The Kier molecular flexibility index (Phi) is 3.99. The molecule has 1 aliphatic heterocycles. The minimum absolute atomic E-state index is 0.253. The number of benzene rings is 1. The van der Waals surface area contributed by atoms with Crippen molar-refractivity contribution < 1.29 is 14.6 Å². The fourth-order valence-electron chi connectivity index (χ4n) is 1.88. The van der Waals surface area contributed by atoms with E-state index in [0.717, 1.165) is 5.56 Å². The Morgan fingerprint density at radius 1 is 1.47 bits per heavy atom. The van der Waals surface area contributed by atoms with Crippen LogP contribution in [-0.2, 0) is 16.1 Å². The maximum atomic E-state index is 11.1. The number of aliphatic carboxylic acids is 1. The summed E-state index contributed by atoms with van der Waals surface area (Å²) in [6.07, 6.45) is 0. The van der Waals surface area contributed by atoms with Gasteiger partial charge in [-0.05, 0) is 17.7 Å². The standard InChI is InChI=1S/C12H14ClNO3/c13-10-3-1-9(2-4-10)7-14-5-6-17-8-11(14)12(15)16/h1-4,11H,5-8H2,(H,15,16). The summed E-state index contributed by atoms with van der Waals surface area (Å²) in [5, 5.41) is 9.77. The van der Waals surface area contributed by atoms with Gasteiger partial charge in [0, 0.05) is 18.1 Å². The third kappa shape index (κ3) is 3.19. The van der Waals surface area contributed by atoms with Gasteiger partial charge in [0.1, 0.15) is 6.04 Å². The first-order chi connectivity index (χ1) is 8.16. The molecule has 1 fully saturated rings. The number of carboxylic acid groups (broad SMARTS) is 1. The second-order valence-electron chi connectivity index (χ2n) is 4.03. The molecule has 1 heterocycles. The molecule has 1 atom stereocenters. The van der Waals surface area contributed by atoms with Crippen LogP contribution in [0.15, 0.2) is 24.3 Å². The average Bonchev–Trinajstić information content (AvgIpc) is 2.32. The maximum Gasteiger partial charge on any atom is 0.323 e. The Bertz CT molecular complexity index is 393. The molecule has 0 amide bonds. The lowest BCUT2D eigenvalue weighted by Crippen LogP contribution is -2.49. The van der Waals surface area contributed by atoms with Crippen molar-refractivity contribution in [3.63, 3.8) is 0 Å². The summed E-state index contributed by atoms with van der Waals surface area (Å²) in [7, 11) is 0. The van der Waals surface area contributed by atoms with Gasteiger partial charge in [-0.15, -0.1) is 0 Å². The normalized spacial score (nSPS) is 21.4. The van der Waals surface area contributed by atoms with E-state index >= 15 is 0 Å².